The van der Waals surface area contributed by atoms with Crippen molar-refractivity contribution < 1.29 is 37.0 Å². The number of hydrogen-bond donors (Lipinski definition) is 2. The summed E-state index contributed by atoms with van der Waals surface area (Å²) in [5.41, 5.74) is -1.10. The first kappa shape index (κ1) is 19.8. The van der Waals surface area contributed by atoms with E-state index < -0.39 is 42.7 Å². The lowest BCUT2D eigenvalue weighted by Crippen LogP contribution is -2.44. The molecule has 0 aromatic heterocycles. The molecule has 28 heavy (non-hydrogen) atoms. The van der Waals surface area contributed by atoms with Gasteiger partial charge in [-0.05, 0) is 24.6 Å². The summed E-state index contributed by atoms with van der Waals surface area (Å²) in [6, 6.07) is 3.88. The van der Waals surface area contributed by atoms with Gasteiger partial charge in [0.25, 0.3) is 5.91 Å². The van der Waals surface area contributed by atoms with E-state index in [-0.39, 0.29) is 0 Å². The van der Waals surface area contributed by atoms with E-state index in [1.807, 2.05) is 0 Å². The maximum Gasteiger partial charge on any atom is 0.405 e. The quantitative estimate of drug-likeness (QED) is 0.742. The Morgan fingerprint density at radius 1 is 1.25 bits per heavy atom. The van der Waals surface area contributed by atoms with Crippen LogP contribution in [0.2, 0.25) is 0 Å². The van der Waals surface area contributed by atoms with Crippen LogP contribution in [0.1, 0.15) is 18.9 Å². The summed E-state index contributed by atoms with van der Waals surface area (Å²) < 4.78 is 47.7. The summed E-state index contributed by atoms with van der Waals surface area (Å²) in [6.45, 7) is -0.00495. The smallest absolute Gasteiger partial charge is 0.405 e. The van der Waals surface area contributed by atoms with E-state index in [0.717, 1.165) is 0 Å². The van der Waals surface area contributed by atoms with Gasteiger partial charge < -0.3 is 20.1 Å². The van der Waals surface area contributed by atoms with Crippen molar-refractivity contribution >= 4 is 17.8 Å². The molecule has 0 aliphatic carbocycles. The number of carbonyl (C=O) groups excluding carboxylic acids is 3. The van der Waals surface area contributed by atoms with E-state index in [0.29, 0.717) is 41.6 Å². The molecule has 3 rings (SSSR count). The predicted octanol–water partition coefficient (Wildman–Crippen LogP) is 1.29. The minimum Gasteiger partial charge on any atom is -0.490 e. The average Bonchev–Trinajstić information content (AvgIpc) is 2.80. The molecule has 11 heteroatoms. The Labute approximate surface area is 158 Å². The molecule has 0 saturated carbocycles. The molecule has 2 aliphatic rings. The van der Waals surface area contributed by atoms with E-state index >= 15 is 0 Å². The number of hydrogen-bond acceptors (Lipinski definition) is 5. The summed E-state index contributed by atoms with van der Waals surface area (Å²) in [5.74, 6) is -0.928. The van der Waals surface area contributed by atoms with Crippen molar-refractivity contribution in [3.63, 3.8) is 0 Å². The number of amides is 4. The first-order chi connectivity index (χ1) is 13.1. The van der Waals surface area contributed by atoms with Crippen LogP contribution in [-0.2, 0) is 15.1 Å². The van der Waals surface area contributed by atoms with Crippen molar-refractivity contribution in [3.05, 3.63) is 23.8 Å². The minimum atomic E-state index is -4.59. The van der Waals surface area contributed by atoms with Crippen molar-refractivity contribution in [1.29, 1.82) is 0 Å². The van der Waals surface area contributed by atoms with E-state index in [9.17, 15) is 27.6 Å². The van der Waals surface area contributed by atoms with Gasteiger partial charge in [-0.3, -0.25) is 14.5 Å². The Hall–Kier alpha value is -2.98. The first-order valence-electron chi connectivity index (χ1n) is 8.48. The second-order valence-corrected chi connectivity index (χ2v) is 6.55. The lowest BCUT2D eigenvalue weighted by Gasteiger charge is -2.23. The van der Waals surface area contributed by atoms with Crippen LogP contribution < -0.4 is 20.1 Å². The van der Waals surface area contributed by atoms with Gasteiger partial charge in [-0.15, -0.1) is 0 Å². The molecule has 1 aromatic carbocycles. The largest absolute Gasteiger partial charge is 0.490 e. The fourth-order valence-electron chi connectivity index (χ4n) is 2.91. The molecule has 2 heterocycles. The van der Waals surface area contributed by atoms with Gasteiger partial charge in [0.05, 0.1) is 13.2 Å². The molecule has 1 atom stereocenters. The van der Waals surface area contributed by atoms with Gasteiger partial charge in [-0.1, -0.05) is 6.07 Å². The topological polar surface area (TPSA) is 97.0 Å². The molecule has 2 N–H and O–H groups in total. The van der Waals surface area contributed by atoms with Gasteiger partial charge in [0.15, 0.2) is 11.5 Å². The molecule has 8 nitrogen and oxygen atoms in total. The van der Waals surface area contributed by atoms with Crippen molar-refractivity contribution in [1.82, 2.24) is 15.5 Å². The normalized spacial score (nSPS) is 21.9. The summed E-state index contributed by atoms with van der Waals surface area (Å²) in [4.78, 5) is 37.2. The van der Waals surface area contributed by atoms with Gasteiger partial charge in [0.2, 0.25) is 5.91 Å². The highest BCUT2D eigenvalue weighted by Crippen LogP contribution is 2.36. The van der Waals surface area contributed by atoms with Gasteiger partial charge in [-0.25, -0.2) is 4.79 Å². The third-order valence-electron chi connectivity index (χ3n) is 4.39. The monoisotopic (exact) mass is 401 g/mol. The molecular formula is C17H18F3N3O5. The first-order valence-corrected chi connectivity index (χ1v) is 8.48. The van der Waals surface area contributed by atoms with E-state index in [1.54, 1.807) is 23.5 Å². The average molecular weight is 401 g/mol. The Bertz CT molecular complexity index is 814. The second kappa shape index (κ2) is 7.21. The predicted molar refractivity (Wildman–Crippen MR) is 88.7 cm³/mol. The summed E-state index contributed by atoms with van der Waals surface area (Å²) in [5, 5.41) is 4.12. The van der Waals surface area contributed by atoms with E-state index in [1.165, 1.54) is 6.92 Å². The maximum atomic E-state index is 12.8. The van der Waals surface area contributed by atoms with Gasteiger partial charge in [-0.2, -0.15) is 13.2 Å². The lowest BCUT2D eigenvalue weighted by atomic mass is 9.91. The minimum absolute atomic E-state index is 0.397. The number of nitrogens with one attached hydrogen (secondary N) is 2. The summed E-state index contributed by atoms with van der Waals surface area (Å²) in [6.07, 6.45) is -3.90. The number of fused-ring (bicyclic) bond motifs is 1. The van der Waals surface area contributed by atoms with Crippen molar-refractivity contribution in [2.24, 2.45) is 0 Å². The zero-order valence-corrected chi connectivity index (χ0v) is 14.9. The Balaban J connectivity index is 1.76. The molecule has 1 unspecified atom stereocenters. The van der Waals surface area contributed by atoms with Crippen LogP contribution in [0.3, 0.4) is 0 Å². The number of carbonyl (C=O) groups is 3. The van der Waals surface area contributed by atoms with E-state index in [4.69, 9.17) is 9.47 Å². The number of rotatable bonds is 4. The molecule has 0 bridgehead atoms. The Kier molecular flexibility index (Phi) is 5.09. The fraction of sp³-hybridized carbons (Fsp3) is 0.471. The van der Waals surface area contributed by atoms with Crippen LogP contribution in [0.5, 0.6) is 11.5 Å². The zero-order valence-electron chi connectivity index (χ0n) is 14.9. The maximum absolute atomic E-state index is 12.8. The van der Waals surface area contributed by atoms with Crippen LogP contribution in [0.15, 0.2) is 18.2 Å². The molecule has 1 saturated heterocycles. The van der Waals surface area contributed by atoms with Crippen molar-refractivity contribution in [2.45, 2.75) is 25.1 Å². The molecule has 2 aliphatic heterocycles. The Morgan fingerprint density at radius 2 is 1.93 bits per heavy atom. The Morgan fingerprint density at radius 3 is 2.61 bits per heavy atom. The van der Waals surface area contributed by atoms with Crippen molar-refractivity contribution in [3.8, 4) is 11.5 Å². The second-order valence-electron chi connectivity index (χ2n) is 6.55. The van der Waals surface area contributed by atoms with Crippen molar-refractivity contribution in [2.75, 3.05) is 26.3 Å². The third-order valence-corrected chi connectivity index (χ3v) is 4.39. The lowest BCUT2D eigenvalue weighted by molar-refractivity contribution is -0.141. The highest BCUT2D eigenvalue weighted by Gasteiger charge is 2.50. The number of nitrogens with zero attached hydrogens (tertiary/aromatic N) is 1. The number of benzene rings is 1. The van der Waals surface area contributed by atoms with Crippen LogP contribution >= 0.6 is 0 Å². The third kappa shape index (κ3) is 3.97. The molecule has 0 radical (unpaired) electrons. The van der Waals surface area contributed by atoms with E-state index in [2.05, 4.69) is 5.32 Å². The molecule has 1 aromatic rings. The number of halogens is 3. The van der Waals surface area contributed by atoms with Gasteiger partial charge in [0, 0.05) is 6.42 Å². The van der Waals surface area contributed by atoms with Crippen LogP contribution in [0.4, 0.5) is 18.0 Å². The zero-order chi connectivity index (χ0) is 20.5. The number of urea groups is 1. The fourth-order valence-corrected chi connectivity index (χ4v) is 2.91. The van der Waals surface area contributed by atoms with Crippen LogP contribution in [0.25, 0.3) is 0 Å². The summed E-state index contributed by atoms with van der Waals surface area (Å²) >= 11 is 0. The number of ether oxygens (including phenoxy) is 2. The molecule has 0 spiro atoms. The standard InChI is InChI=1S/C17H18F3N3O5/c1-16(10-3-4-11-12(7-10)28-6-2-5-27-11)14(25)23(15(26)22-16)8-13(24)21-9-17(18,19)20/h3-4,7H,2,5-6,8-9H2,1H3,(H,21,24)(H,22,26). The van der Waals surface area contributed by atoms with Gasteiger partial charge in [0.1, 0.15) is 18.6 Å². The number of alkyl halides is 3. The highest BCUT2D eigenvalue weighted by atomic mass is 19.4. The van der Waals surface area contributed by atoms with Gasteiger partial charge >= 0.3 is 12.2 Å². The SMILES string of the molecule is CC1(c2ccc3c(c2)OCCCO3)NC(=O)N(CC(=O)NCC(F)(F)F)C1=O. The van der Waals surface area contributed by atoms with Crippen LogP contribution in [0, 0.1) is 0 Å². The molecule has 4 amide bonds. The highest BCUT2D eigenvalue weighted by molar-refractivity contribution is 6.09. The number of imide groups is 1. The molecule has 1 fully saturated rings. The summed E-state index contributed by atoms with van der Waals surface area (Å²) in [7, 11) is 0. The van der Waals surface area contributed by atoms with Crippen LogP contribution in [-0.4, -0.2) is 55.2 Å². The molecular weight excluding hydrogens is 383 g/mol. The molecule has 152 valence electrons.